The Morgan fingerprint density at radius 3 is 2.53 bits per heavy atom. The number of benzene rings is 2. The molecular formula is C29H31FN6OS. The number of likely N-dealkylation sites (N-methyl/N-ethyl adjacent to an activating group) is 1. The van der Waals surface area contributed by atoms with Crippen LogP contribution in [0.25, 0.3) is 10.2 Å². The third kappa shape index (κ3) is 4.96. The molecule has 1 saturated heterocycles. The molecule has 0 atom stereocenters. The molecule has 6 rings (SSSR count). The van der Waals surface area contributed by atoms with Gasteiger partial charge in [0.25, 0.3) is 0 Å². The van der Waals surface area contributed by atoms with E-state index >= 15 is 0 Å². The smallest absolute Gasteiger partial charge is 0.322 e. The maximum atomic E-state index is 14.0. The third-order valence-electron chi connectivity index (χ3n) is 7.44. The van der Waals surface area contributed by atoms with E-state index in [0.717, 1.165) is 42.5 Å². The van der Waals surface area contributed by atoms with E-state index in [4.69, 9.17) is 9.97 Å². The quantitative estimate of drug-likeness (QED) is 0.387. The first-order valence-electron chi connectivity index (χ1n) is 13.2. The number of carbonyl (C=O) groups is 1. The number of halogens is 1. The van der Waals surface area contributed by atoms with Crippen LogP contribution in [0.5, 0.6) is 0 Å². The molecule has 9 heteroatoms. The van der Waals surface area contributed by atoms with Crippen LogP contribution in [0, 0.1) is 5.82 Å². The number of piperazine rings is 1. The summed E-state index contributed by atoms with van der Waals surface area (Å²) < 4.78 is 14.0. The van der Waals surface area contributed by atoms with Crippen LogP contribution in [-0.2, 0) is 19.4 Å². The molecule has 0 unspecified atom stereocenters. The number of hydrogen-bond acceptors (Lipinski definition) is 6. The highest BCUT2D eigenvalue weighted by molar-refractivity contribution is 7.19. The highest BCUT2D eigenvalue weighted by atomic mass is 32.1. The highest BCUT2D eigenvalue weighted by Crippen LogP contribution is 2.39. The van der Waals surface area contributed by atoms with E-state index in [-0.39, 0.29) is 11.7 Å². The van der Waals surface area contributed by atoms with E-state index < -0.39 is 5.82 Å². The molecule has 2 aliphatic heterocycles. The third-order valence-corrected chi connectivity index (χ3v) is 8.55. The zero-order valence-electron chi connectivity index (χ0n) is 21.5. The average molecular weight is 531 g/mol. The fourth-order valence-electron chi connectivity index (χ4n) is 5.31. The maximum Gasteiger partial charge on any atom is 0.322 e. The summed E-state index contributed by atoms with van der Waals surface area (Å²) in [5.74, 6) is 1.37. The van der Waals surface area contributed by atoms with Gasteiger partial charge in [0.2, 0.25) is 0 Å². The number of para-hydroxylation sites is 1. The standard InChI is InChI=1S/C29H31FN6OS/c1-2-34-13-12-21-24(19-34)38-28-26(21)27(32-25(33-28)18-20-8-4-3-5-9-20)35-14-16-36(17-15-35)29(37)31-23-11-7-6-10-22(23)30/h3-11H,2,12-19H2,1H3,(H,31,37). The molecule has 2 aliphatic rings. The molecule has 7 nitrogen and oxygen atoms in total. The number of amides is 2. The summed E-state index contributed by atoms with van der Waals surface area (Å²) in [5, 5.41) is 3.89. The molecule has 196 valence electrons. The van der Waals surface area contributed by atoms with Crippen molar-refractivity contribution in [1.29, 1.82) is 0 Å². The SMILES string of the molecule is CCN1CCc2c(sc3nc(Cc4ccccc4)nc(N4CCN(C(=O)Nc5ccccc5F)CC4)c23)C1. The summed E-state index contributed by atoms with van der Waals surface area (Å²) in [6.45, 7) is 7.66. The number of hydrogen-bond donors (Lipinski definition) is 1. The lowest BCUT2D eigenvalue weighted by Crippen LogP contribution is -2.50. The van der Waals surface area contributed by atoms with Crippen molar-refractivity contribution in [3.05, 3.63) is 82.2 Å². The van der Waals surface area contributed by atoms with Crippen LogP contribution in [-0.4, -0.2) is 65.1 Å². The zero-order valence-corrected chi connectivity index (χ0v) is 22.3. The molecule has 0 saturated carbocycles. The van der Waals surface area contributed by atoms with Gasteiger partial charge in [0.05, 0.1) is 11.1 Å². The Morgan fingerprint density at radius 2 is 1.76 bits per heavy atom. The van der Waals surface area contributed by atoms with Gasteiger partial charge in [-0.3, -0.25) is 4.90 Å². The first-order valence-corrected chi connectivity index (χ1v) is 14.0. The van der Waals surface area contributed by atoms with Gasteiger partial charge in [-0.1, -0.05) is 49.4 Å². The predicted molar refractivity (Wildman–Crippen MR) is 151 cm³/mol. The highest BCUT2D eigenvalue weighted by Gasteiger charge is 2.29. The van der Waals surface area contributed by atoms with Gasteiger partial charge < -0.3 is 15.1 Å². The molecule has 0 bridgehead atoms. The molecule has 38 heavy (non-hydrogen) atoms. The Kier molecular flexibility index (Phi) is 6.95. The van der Waals surface area contributed by atoms with Gasteiger partial charge >= 0.3 is 6.03 Å². The van der Waals surface area contributed by atoms with Crippen LogP contribution in [0.1, 0.15) is 28.8 Å². The number of fused-ring (bicyclic) bond motifs is 3. The van der Waals surface area contributed by atoms with Crippen molar-refractivity contribution in [3.63, 3.8) is 0 Å². The lowest BCUT2D eigenvalue weighted by molar-refractivity contribution is 0.208. The fourth-order valence-corrected chi connectivity index (χ4v) is 6.58. The maximum absolute atomic E-state index is 14.0. The van der Waals surface area contributed by atoms with Gasteiger partial charge in [-0.25, -0.2) is 19.2 Å². The monoisotopic (exact) mass is 530 g/mol. The Hall–Kier alpha value is -3.56. The van der Waals surface area contributed by atoms with Crippen molar-refractivity contribution < 1.29 is 9.18 Å². The minimum absolute atomic E-state index is 0.203. The number of nitrogens with one attached hydrogen (secondary N) is 1. The molecule has 2 aromatic heterocycles. The van der Waals surface area contributed by atoms with Crippen LogP contribution >= 0.6 is 11.3 Å². The molecule has 4 heterocycles. The minimum Gasteiger partial charge on any atom is -0.352 e. The van der Waals surface area contributed by atoms with Crippen LogP contribution in [0.3, 0.4) is 0 Å². The number of aromatic nitrogens is 2. The van der Waals surface area contributed by atoms with Crippen molar-refractivity contribution in [2.75, 3.05) is 49.5 Å². The number of carbonyl (C=O) groups excluding carboxylic acids is 1. The number of nitrogens with zero attached hydrogens (tertiary/aromatic N) is 5. The average Bonchev–Trinajstić information content (AvgIpc) is 3.32. The summed E-state index contributed by atoms with van der Waals surface area (Å²) in [4.78, 5) is 32.0. The van der Waals surface area contributed by atoms with E-state index in [9.17, 15) is 9.18 Å². The van der Waals surface area contributed by atoms with Gasteiger partial charge in [-0.05, 0) is 36.2 Å². The summed E-state index contributed by atoms with van der Waals surface area (Å²) in [7, 11) is 0. The van der Waals surface area contributed by atoms with Crippen LogP contribution in [0.4, 0.5) is 20.7 Å². The topological polar surface area (TPSA) is 64.6 Å². The summed E-state index contributed by atoms with van der Waals surface area (Å²) >= 11 is 1.80. The molecule has 0 radical (unpaired) electrons. The Bertz CT molecular complexity index is 1450. The molecule has 1 N–H and O–H groups in total. The second-order valence-corrected chi connectivity index (χ2v) is 10.9. The Balaban J connectivity index is 1.27. The normalized spacial score (nSPS) is 16.1. The molecule has 4 aromatic rings. The summed E-state index contributed by atoms with van der Waals surface area (Å²) in [6, 6.07) is 16.3. The van der Waals surface area contributed by atoms with Gasteiger partial charge in [-0.15, -0.1) is 11.3 Å². The van der Waals surface area contributed by atoms with E-state index in [0.29, 0.717) is 32.6 Å². The second-order valence-electron chi connectivity index (χ2n) is 9.81. The van der Waals surface area contributed by atoms with Crippen LogP contribution in [0.2, 0.25) is 0 Å². The van der Waals surface area contributed by atoms with E-state index in [1.165, 1.54) is 27.5 Å². The fraction of sp³-hybridized carbons (Fsp3) is 0.345. The van der Waals surface area contributed by atoms with Crippen molar-refractivity contribution in [2.45, 2.75) is 26.3 Å². The van der Waals surface area contributed by atoms with Crippen LogP contribution in [0.15, 0.2) is 54.6 Å². The summed E-state index contributed by atoms with van der Waals surface area (Å²) in [5.41, 5.74) is 2.77. The number of urea groups is 1. The van der Waals surface area contributed by atoms with Crippen molar-refractivity contribution >= 4 is 39.1 Å². The second kappa shape index (κ2) is 10.7. The van der Waals surface area contributed by atoms with E-state index in [2.05, 4.69) is 34.2 Å². The number of anilines is 2. The van der Waals surface area contributed by atoms with Gasteiger partial charge in [0, 0.05) is 50.6 Å². The molecule has 1 fully saturated rings. The number of thiophene rings is 1. The largest absolute Gasteiger partial charge is 0.352 e. The van der Waals surface area contributed by atoms with Gasteiger partial charge in [0.1, 0.15) is 22.3 Å². The lowest BCUT2D eigenvalue weighted by Gasteiger charge is -2.36. The van der Waals surface area contributed by atoms with E-state index in [1.807, 2.05) is 18.2 Å². The predicted octanol–water partition coefficient (Wildman–Crippen LogP) is 5.15. The van der Waals surface area contributed by atoms with E-state index in [1.54, 1.807) is 34.4 Å². The Morgan fingerprint density at radius 1 is 1.00 bits per heavy atom. The van der Waals surface area contributed by atoms with Crippen molar-refractivity contribution in [3.8, 4) is 0 Å². The van der Waals surface area contributed by atoms with Gasteiger partial charge in [-0.2, -0.15) is 0 Å². The van der Waals surface area contributed by atoms with Crippen molar-refractivity contribution in [2.24, 2.45) is 0 Å². The Labute approximate surface area is 225 Å². The van der Waals surface area contributed by atoms with Gasteiger partial charge in [0.15, 0.2) is 0 Å². The minimum atomic E-state index is -0.433. The molecular weight excluding hydrogens is 499 g/mol. The van der Waals surface area contributed by atoms with Crippen molar-refractivity contribution in [1.82, 2.24) is 19.8 Å². The molecule has 2 aromatic carbocycles. The molecule has 0 spiro atoms. The molecule has 0 aliphatic carbocycles. The van der Waals surface area contributed by atoms with Crippen LogP contribution < -0.4 is 10.2 Å². The molecule has 2 amide bonds. The lowest BCUT2D eigenvalue weighted by atomic mass is 10.0. The number of rotatable bonds is 5. The zero-order chi connectivity index (χ0) is 26.1. The summed E-state index contributed by atoms with van der Waals surface area (Å²) in [6.07, 6.45) is 1.68. The first-order chi connectivity index (χ1) is 18.6. The first kappa shape index (κ1) is 24.8.